The fourth-order valence-corrected chi connectivity index (χ4v) is 4.86. The van der Waals surface area contributed by atoms with Crippen molar-refractivity contribution < 1.29 is 73.7 Å². The van der Waals surface area contributed by atoms with Crippen LogP contribution in [0.5, 0.6) is 57.5 Å². The number of hydrogen-bond donors (Lipinski definition) is 11. The Morgan fingerprint density at radius 2 is 0.958 bits per heavy atom. The van der Waals surface area contributed by atoms with E-state index < -0.39 is 75.8 Å². The molecule has 18 heteroatoms. The Labute approximate surface area is 264 Å². The van der Waals surface area contributed by atoms with Gasteiger partial charge in [0.15, 0.2) is 34.5 Å². The number of hydrogen-bond acceptors (Lipinski definition) is 15. The van der Waals surface area contributed by atoms with Crippen molar-refractivity contribution in [3.63, 3.8) is 0 Å². The quantitative estimate of drug-likeness (QED) is 0.0930. The fourth-order valence-electron chi connectivity index (χ4n) is 4.46. The van der Waals surface area contributed by atoms with E-state index in [9.17, 15) is 60.1 Å². The van der Waals surface area contributed by atoms with Crippen LogP contribution in [0.2, 0.25) is 0 Å². The van der Waals surface area contributed by atoms with Crippen molar-refractivity contribution in [3.05, 3.63) is 81.1 Å². The topological polar surface area (TPSA) is 309 Å². The van der Waals surface area contributed by atoms with Gasteiger partial charge < -0.3 is 59.3 Å². The van der Waals surface area contributed by atoms with E-state index in [-0.39, 0.29) is 44.9 Å². The first-order chi connectivity index (χ1) is 22.4. The second kappa shape index (κ2) is 12.0. The molecule has 0 atom stereocenters. The van der Waals surface area contributed by atoms with E-state index in [1.807, 2.05) is 0 Å². The van der Waals surface area contributed by atoms with E-state index >= 15 is 0 Å². The molecule has 17 nitrogen and oxygen atoms in total. The molecule has 0 spiro atoms. The zero-order chi connectivity index (χ0) is 35.2. The molecule has 6 rings (SSSR count). The van der Waals surface area contributed by atoms with Crippen molar-refractivity contribution in [3.8, 4) is 80.1 Å². The molecule has 248 valence electrons. The van der Waals surface area contributed by atoms with Gasteiger partial charge in [0.2, 0.25) is 22.4 Å². The van der Waals surface area contributed by atoms with Crippen molar-refractivity contribution >= 4 is 29.8 Å². The van der Waals surface area contributed by atoms with Crippen LogP contribution in [0.15, 0.2) is 79.1 Å². The molecule has 0 saturated carbocycles. The molecule has 0 fully saturated rings. The summed E-state index contributed by atoms with van der Waals surface area (Å²) in [7, 11) is -5.19. The maximum Gasteiger partial charge on any atom is 0.525 e. The van der Waals surface area contributed by atoms with Crippen molar-refractivity contribution in [2.24, 2.45) is 0 Å². The molecule has 11 N–H and O–H groups in total. The summed E-state index contributed by atoms with van der Waals surface area (Å²) in [5, 5.41) is 85.6. The maximum atomic E-state index is 12.6. The van der Waals surface area contributed by atoms with Crippen LogP contribution in [0.3, 0.4) is 0 Å². The Morgan fingerprint density at radius 3 is 1.42 bits per heavy atom. The van der Waals surface area contributed by atoms with E-state index in [1.165, 1.54) is 12.1 Å². The second-order valence-electron chi connectivity index (χ2n) is 9.86. The van der Waals surface area contributed by atoms with Gasteiger partial charge in [-0.3, -0.25) is 19.4 Å². The van der Waals surface area contributed by atoms with Gasteiger partial charge in [-0.2, -0.15) is 0 Å². The molecule has 0 saturated heterocycles. The van der Waals surface area contributed by atoms with Gasteiger partial charge in [-0.05, 0) is 36.4 Å². The highest BCUT2D eigenvalue weighted by atomic mass is 31.2. The summed E-state index contributed by atoms with van der Waals surface area (Å²) in [5.41, 5.74) is -2.37. The molecule has 4 aromatic carbocycles. The van der Waals surface area contributed by atoms with Gasteiger partial charge >= 0.3 is 7.82 Å². The van der Waals surface area contributed by atoms with Crippen LogP contribution in [0.1, 0.15) is 0 Å². The predicted molar refractivity (Wildman–Crippen MR) is 163 cm³/mol. The van der Waals surface area contributed by atoms with Crippen LogP contribution in [0.4, 0.5) is 0 Å². The average molecular weight is 684 g/mol. The van der Waals surface area contributed by atoms with Crippen molar-refractivity contribution in [2.45, 2.75) is 0 Å². The van der Waals surface area contributed by atoms with Gasteiger partial charge in [-0.1, -0.05) is 0 Å². The number of phenolic OH excluding ortho intramolecular Hbond substituents is 8. The molecular weight excluding hydrogens is 663 g/mol. The SMILES string of the molecule is O=c1c(O)c(-c2ccc(O)c(O)c2)oc2cc(O)cc(O)c12.O=c1c(OP(=O)(O)O)c(-c2ccc(O)c(O)c2)oc2cc(O)cc(O)c12. The van der Waals surface area contributed by atoms with Crippen molar-refractivity contribution in [1.29, 1.82) is 0 Å². The first kappa shape index (κ1) is 32.8. The van der Waals surface area contributed by atoms with Crippen LogP contribution in [0.25, 0.3) is 44.6 Å². The van der Waals surface area contributed by atoms with Crippen molar-refractivity contribution in [1.82, 2.24) is 0 Å². The Hall–Kier alpha value is -6.55. The highest BCUT2D eigenvalue weighted by Gasteiger charge is 2.27. The monoisotopic (exact) mass is 684 g/mol. The average Bonchev–Trinajstić information content (AvgIpc) is 2.98. The van der Waals surface area contributed by atoms with Gasteiger partial charge in [-0.15, -0.1) is 0 Å². The third-order valence-electron chi connectivity index (χ3n) is 6.54. The zero-order valence-electron chi connectivity index (χ0n) is 23.6. The summed E-state index contributed by atoms with van der Waals surface area (Å²) in [6, 6.07) is 10.7. The van der Waals surface area contributed by atoms with E-state index in [4.69, 9.17) is 18.6 Å². The van der Waals surface area contributed by atoms with Crippen molar-refractivity contribution in [2.75, 3.05) is 0 Å². The lowest BCUT2D eigenvalue weighted by Crippen LogP contribution is -2.09. The normalized spacial score (nSPS) is 11.3. The highest BCUT2D eigenvalue weighted by Crippen LogP contribution is 2.44. The Morgan fingerprint density at radius 1 is 0.521 bits per heavy atom. The number of phosphoric acid groups is 1. The Balaban J connectivity index is 0.000000190. The molecule has 2 aromatic heterocycles. The third-order valence-corrected chi connectivity index (χ3v) is 6.96. The number of fused-ring (bicyclic) bond motifs is 2. The number of phosphoric ester groups is 1. The number of rotatable bonds is 4. The first-order valence-corrected chi connectivity index (χ1v) is 14.5. The second-order valence-corrected chi connectivity index (χ2v) is 11.0. The lowest BCUT2D eigenvalue weighted by Gasteiger charge is -2.13. The minimum absolute atomic E-state index is 0.0643. The summed E-state index contributed by atoms with van der Waals surface area (Å²) in [4.78, 5) is 42.9. The van der Waals surface area contributed by atoms with Gasteiger partial charge in [-0.25, -0.2) is 4.57 Å². The van der Waals surface area contributed by atoms with Gasteiger partial charge in [0.25, 0.3) is 0 Å². The molecule has 2 heterocycles. The minimum atomic E-state index is -5.19. The van der Waals surface area contributed by atoms with E-state index in [1.54, 1.807) is 0 Å². The molecule has 6 aromatic rings. The third kappa shape index (κ3) is 6.27. The van der Waals surface area contributed by atoms with Crippen LogP contribution in [-0.2, 0) is 4.57 Å². The molecule has 0 aliphatic carbocycles. The zero-order valence-corrected chi connectivity index (χ0v) is 24.5. The summed E-state index contributed by atoms with van der Waals surface area (Å²) in [6.07, 6.45) is 0. The van der Waals surface area contributed by atoms with Gasteiger partial charge in [0, 0.05) is 35.4 Å². The summed E-state index contributed by atoms with van der Waals surface area (Å²) >= 11 is 0. The lowest BCUT2D eigenvalue weighted by molar-refractivity contribution is 0.280. The molecular formula is C30H21O17P. The standard InChI is InChI=1S/C15H11O10P.C15H10O7/c16-7-4-10(19)12-11(5-7)24-14(6-1-2-8(17)9(18)3-6)15(13(12)20)25-26(21,22)23;16-7-4-10(19)12-11(5-7)22-15(14(21)13(12)20)6-1-2-8(17)9(18)3-6/h1-5,16-19H,(H2,21,22,23);1-5,16-19,21H. The predicted octanol–water partition coefficient (Wildman–Crippen LogP) is 3.74. The first-order valence-electron chi connectivity index (χ1n) is 13.0. The Kier molecular flexibility index (Phi) is 8.20. The van der Waals surface area contributed by atoms with E-state index in [0.29, 0.717) is 0 Å². The number of benzene rings is 4. The highest BCUT2D eigenvalue weighted by molar-refractivity contribution is 7.46. The van der Waals surface area contributed by atoms with E-state index in [2.05, 4.69) is 4.52 Å². The van der Waals surface area contributed by atoms with Gasteiger partial charge in [0.1, 0.15) is 44.9 Å². The molecule has 0 bridgehead atoms. The molecule has 0 radical (unpaired) electrons. The summed E-state index contributed by atoms with van der Waals surface area (Å²) in [5.74, 6) is -6.32. The Bertz CT molecular complexity index is 2420. The molecule has 0 amide bonds. The fraction of sp³-hybridized carbons (Fsp3) is 0. The van der Waals surface area contributed by atoms with Crippen LogP contribution < -0.4 is 15.4 Å². The van der Waals surface area contributed by atoms with E-state index in [0.717, 1.165) is 48.5 Å². The maximum absolute atomic E-state index is 12.6. The molecule has 0 unspecified atom stereocenters. The van der Waals surface area contributed by atoms with Gasteiger partial charge in [0.05, 0.1) is 0 Å². The molecule has 0 aliphatic heterocycles. The van der Waals surface area contributed by atoms with Crippen LogP contribution in [-0.4, -0.2) is 55.7 Å². The number of aromatic hydroxyl groups is 9. The largest absolute Gasteiger partial charge is 0.525 e. The van der Waals surface area contributed by atoms with Crippen LogP contribution >= 0.6 is 7.82 Å². The van der Waals surface area contributed by atoms with Crippen LogP contribution in [0, 0.1) is 0 Å². The molecule has 48 heavy (non-hydrogen) atoms. The lowest BCUT2D eigenvalue weighted by atomic mass is 10.1. The summed E-state index contributed by atoms with van der Waals surface area (Å²) in [6.45, 7) is 0. The molecule has 0 aliphatic rings. The minimum Gasteiger partial charge on any atom is -0.508 e. The number of phenols is 8. The smallest absolute Gasteiger partial charge is 0.508 e. The summed E-state index contributed by atoms with van der Waals surface area (Å²) < 4.78 is 26.4.